The van der Waals surface area contributed by atoms with Crippen molar-refractivity contribution in [2.24, 2.45) is 0 Å². The minimum Gasteiger partial charge on any atom is -0.504 e. The highest BCUT2D eigenvalue weighted by Crippen LogP contribution is 2.37. The molecule has 5 heteroatoms. The molecule has 102 valence electrons. The molecule has 1 aliphatic heterocycles. The first-order valence-corrected chi connectivity index (χ1v) is 6.04. The average molecular weight is 272 g/mol. The molecule has 1 aromatic heterocycles. The number of methoxy groups -OCH3 is 1. The third-order valence-corrected chi connectivity index (χ3v) is 3.09. The second-order valence-electron chi connectivity index (χ2n) is 4.34. The summed E-state index contributed by atoms with van der Waals surface area (Å²) in [6, 6.07) is 6.88. The number of hydrogen-bond acceptors (Lipinski definition) is 5. The van der Waals surface area contributed by atoms with Gasteiger partial charge in [-0.1, -0.05) is 6.07 Å². The van der Waals surface area contributed by atoms with Crippen molar-refractivity contribution in [1.29, 1.82) is 0 Å². The Morgan fingerprint density at radius 2 is 2.20 bits per heavy atom. The summed E-state index contributed by atoms with van der Waals surface area (Å²) in [6.07, 6.45) is 3.60. The van der Waals surface area contributed by atoms with Gasteiger partial charge in [0, 0.05) is 12.5 Å². The summed E-state index contributed by atoms with van der Waals surface area (Å²) in [4.78, 5) is 12.0. The number of cyclic esters (lactones) is 1. The van der Waals surface area contributed by atoms with Crippen LogP contribution in [0.3, 0.4) is 0 Å². The number of fused-ring (bicyclic) bond motifs is 1. The number of aromatic hydroxyl groups is 1. The van der Waals surface area contributed by atoms with Crippen molar-refractivity contribution in [1.82, 2.24) is 0 Å². The first-order valence-electron chi connectivity index (χ1n) is 6.04. The zero-order valence-electron chi connectivity index (χ0n) is 10.8. The van der Waals surface area contributed by atoms with Crippen LogP contribution in [-0.2, 0) is 11.2 Å². The predicted octanol–water partition coefficient (Wildman–Crippen LogP) is 2.75. The summed E-state index contributed by atoms with van der Waals surface area (Å²) in [6.45, 7) is 0. The molecule has 0 amide bonds. The maximum Gasteiger partial charge on any atom is 0.347 e. The van der Waals surface area contributed by atoms with E-state index in [2.05, 4.69) is 0 Å². The number of rotatable bonds is 2. The van der Waals surface area contributed by atoms with E-state index in [4.69, 9.17) is 13.9 Å². The summed E-state index contributed by atoms with van der Waals surface area (Å²) >= 11 is 0. The first kappa shape index (κ1) is 12.3. The third-order valence-electron chi connectivity index (χ3n) is 3.09. The number of phenols is 1. The summed E-state index contributed by atoms with van der Waals surface area (Å²) < 4.78 is 15.4. The van der Waals surface area contributed by atoms with E-state index < -0.39 is 5.97 Å². The Kier molecular flexibility index (Phi) is 2.95. The molecular formula is C15H12O5. The van der Waals surface area contributed by atoms with E-state index in [1.165, 1.54) is 7.11 Å². The van der Waals surface area contributed by atoms with Crippen LogP contribution < -0.4 is 4.74 Å². The number of ether oxygens (including phenoxy) is 2. The standard InChI is InChI=1S/C15H12O5/c1-18-12-5-4-9-7-11(8-10-3-2-6-19-10)20-15(17)13(9)14(12)16/h2-6,8,16H,7H2,1H3/b11-8-. The van der Waals surface area contributed by atoms with Crippen LogP contribution in [-0.4, -0.2) is 18.2 Å². The lowest BCUT2D eigenvalue weighted by Gasteiger charge is -2.19. The Bertz CT molecular complexity index is 683. The molecule has 2 aromatic rings. The van der Waals surface area contributed by atoms with E-state index in [1.54, 1.807) is 36.6 Å². The van der Waals surface area contributed by atoms with Crippen molar-refractivity contribution in [2.75, 3.05) is 7.11 Å². The largest absolute Gasteiger partial charge is 0.504 e. The lowest BCUT2D eigenvalue weighted by Crippen LogP contribution is -2.16. The van der Waals surface area contributed by atoms with Gasteiger partial charge in [0.1, 0.15) is 17.1 Å². The van der Waals surface area contributed by atoms with E-state index >= 15 is 0 Å². The van der Waals surface area contributed by atoms with Gasteiger partial charge in [0.05, 0.1) is 13.4 Å². The monoisotopic (exact) mass is 272 g/mol. The molecule has 0 saturated heterocycles. The molecule has 0 spiro atoms. The Labute approximate surface area is 115 Å². The smallest absolute Gasteiger partial charge is 0.347 e. The van der Waals surface area contributed by atoms with Gasteiger partial charge < -0.3 is 19.0 Å². The molecule has 1 aromatic carbocycles. The Morgan fingerprint density at radius 3 is 2.90 bits per heavy atom. The molecule has 3 rings (SSSR count). The van der Waals surface area contributed by atoms with Crippen LogP contribution in [0.5, 0.6) is 11.5 Å². The fourth-order valence-electron chi connectivity index (χ4n) is 2.16. The zero-order valence-corrected chi connectivity index (χ0v) is 10.8. The van der Waals surface area contributed by atoms with Gasteiger partial charge in [-0.15, -0.1) is 0 Å². The fourth-order valence-corrected chi connectivity index (χ4v) is 2.16. The maximum atomic E-state index is 12.0. The van der Waals surface area contributed by atoms with Crippen molar-refractivity contribution in [2.45, 2.75) is 6.42 Å². The molecule has 2 heterocycles. The third kappa shape index (κ3) is 2.03. The van der Waals surface area contributed by atoms with Crippen molar-refractivity contribution in [3.05, 3.63) is 53.2 Å². The van der Waals surface area contributed by atoms with Gasteiger partial charge in [-0.2, -0.15) is 0 Å². The van der Waals surface area contributed by atoms with Gasteiger partial charge >= 0.3 is 5.97 Å². The fraction of sp³-hybridized carbons (Fsp3) is 0.133. The van der Waals surface area contributed by atoms with Crippen LogP contribution in [0.15, 0.2) is 40.7 Å². The summed E-state index contributed by atoms with van der Waals surface area (Å²) in [7, 11) is 1.43. The van der Waals surface area contributed by atoms with E-state index in [9.17, 15) is 9.90 Å². The van der Waals surface area contributed by atoms with E-state index in [0.29, 0.717) is 23.5 Å². The lowest BCUT2D eigenvalue weighted by molar-refractivity contribution is 0.0598. The highest BCUT2D eigenvalue weighted by molar-refractivity contribution is 5.97. The molecule has 0 radical (unpaired) electrons. The Morgan fingerprint density at radius 1 is 1.35 bits per heavy atom. The normalized spacial score (nSPS) is 15.8. The van der Waals surface area contributed by atoms with Crippen LogP contribution in [0.2, 0.25) is 0 Å². The van der Waals surface area contributed by atoms with Crippen LogP contribution in [0, 0.1) is 0 Å². The molecule has 0 atom stereocenters. The Balaban J connectivity index is 2.00. The molecule has 0 saturated carbocycles. The van der Waals surface area contributed by atoms with Gasteiger partial charge in [-0.25, -0.2) is 4.79 Å². The number of benzene rings is 1. The van der Waals surface area contributed by atoms with E-state index in [1.807, 2.05) is 0 Å². The second-order valence-corrected chi connectivity index (χ2v) is 4.34. The number of hydrogen-bond donors (Lipinski definition) is 1. The van der Waals surface area contributed by atoms with Crippen LogP contribution in [0.1, 0.15) is 21.7 Å². The Hall–Kier alpha value is -2.69. The second kappa shape index (κ2) is 4.77. The first-order chi connectivity index (χ1) is 9.69. The van der Waals surface area contributed by atoms with Crippen LogP contribution in [0.25, 0.3) is 6.08 Å². The maximum absolute atomic E-state index is 12.0. The molecule has 5 nitrogen and oxygen atoms in total. The van der Waals surface area contributed by atoms with E-state index in [0.717, 1.165) is 0 Å². The molecule has 1 aliphatic rings. The minimum atomic E-state index is -0.597. The lowest BCUT2D eigenvalue weighted by atomic mass is 9.99. The van der Waals surface area contributed by atoms with Gasteiger partial charge in [0.25, 0.3) is 0 Å². The summed E-state index contributed by atoms with van der Waals surface area (Å²) in [5.74, 6) is 0.544. The molecule has 0 unspecified atom stereocenters. The van der Waals surface area contributed by atoms with Crippen LogP contribution in [0.4, 0.5) is 0 Å². The molecule has 1 N–H and O–H groups in total. The number of carbonyl (C=O) groups excluding carboxylic acids is 1. The van der Waals surface area contributed by atoms with Crippen molar-refractivity contribution in [3.63, 3.8) is 0 Å². The van der Waals surface area contributed by atoms with Gasteiger partial charge in [0.2, 0.25) is 0 Å². The average Bonchev–Trinajstić information content (AvgIpc) is 2.91. The number of carbonyl (C=O) groups is 1. The molecule has 20 heavy (non-hydrogen) atoms. The number of furan rings is 1. The van der Waals surface area contributed by atoms with Crippen molar-refractivity contribution >= 4 is 12.0 Å². The van der Waals surface area contributed by atoms with Crippen molar-refractivity contribution in [3.8, 4) is 11.5 Å². The van der Waals surface area contributed by atoms with Crippen molar-refractivity contribution < 1.29 is 23.8 Å². The zero-order chi connectivity index (χ0) is 14.1. The quantitative estimate of drug-likeness (QED) is 0.851. The van der Waals surface area contributed by atoms with Crippen LogP contribution >= 0.6 is 0 Å². The highest BCUT2D eigenvalue weighted by atomic mass is 16.5. The van der Waals surface area contributed by atoms with Gasteiger partial charge in [0.15, 0.2) is 11.5 Å². The predicted molar refractivity (Wildman–Crippen MR) is 70.5 cm³/mol. The summed E-state index contributed by atoms with van der Waals surface area (Å²) in [5, 5.41) is 9.98. The summed E-state index contributed by atoms with van der Waals surface area (Å²) in [5.41, 5.74) is 0.846. The van der Waals surface area contributed by atoms with E-state index in [-0.39, 0.29) is 17.1 Å². The minimum absolute atomic E-state index is 0.154. The number of esters is 1. The molecular weight excluding hydrogens is 260 g/mol. The van der Waals surface area contributed by atoms with Gasteiger partial charge in [-0.3, -0.25) is 0 Å². The molecule has 0 fully saturated rings. The highest BCUT2D eigenvalue weighted by Gasteiger charge is 2.27. The van der Waals surface area contributed by atoms with Gasteiger partial charge in [-0.05, 0) is 23.8 Å². The molecule has 0 bridgehead atoms. The topological polar surface area (TPSA) is 68.9 Å². The SMILES string of the molecule is COc1ccc2c(c1O)C(=O)O/C(=C\c1ccco1)C2. The number of phenolic OH excluding ortho intramolecular Hbond substituents is 1. The number of allylic oxidation sites excluding steroid dienone is 1. The molecule has 0 aliphatic carbocycles.